The van der Waals surface area contributed by atoms with E-state index in [9.17, 15) is 4.79 Å². The summed E-state index contributed by atoms with van der Waals surface area (Å²) in [5.41, 5.74) is 0.380. The van der Waals surface area contributed by atoms with Gasteiger partial charge in [-0.2, -0.15) is 0 Å². The molecule has 1 aliphatic heterocycles. The van der Waals surface area contributed by atoms with E-state index in [1.807, 2.05) is 0 Å². The summed E-state index contributed by atoms with van der Waals surface area (Å²) >= 11 is 0. The van der Waals surface area contributed by atoms with E-state index in [0.717, 1.165) is 19.0 Å². The summed E-state index contributed by atoms with van der Waals surface area (Å²) in [4.78, 5) is 20.4. The first-order valence-electron chi connectivity index (χ1n) is 8.69. The number of amides is 1. The van der Waals surface area contributed by atoms with Crippen molar-refractivity contribution in [3.63, 3.8) is 0 Å². The van der Waals surface area contributed by atoms with Gasteiger partial charge in [-0.15, -0.1) is 24.0 Å². The van der Waals surface area contributed by atoms with Gasteiger partial charge in [0.1, 0.15) is 6.54 Å². The van der Waals surface area contributed by atoms with Crippen molar-refractivity contribution in [1.29, 1.82) is 0 Å². The molecule has 134 valence electrons. The highest BCUT2D eigenvalue weighted by Crippen LogP contribution is 2.34. The largest absolute Gasteiger partial charge is 0.353 e. The molecule has 1 amide bonds. The molecule has 6 heteroatoms. The van der Waals surface area contributed by atoms with Crippen LogP contribution in [0, 0.1) is 5.41 Å². The predicted molar refractivity (Wildman–Crippen MR) is 106 cm³/mol. The summed E-state index contributed by atoms with van der Waals surface area (Å²) in [5.74, 6) is 1.00. The average Bonchev–Trinajstić information content (AvgIpc) is 3.26. The van der Waals surface area contributed by atoms with Crippen LogP contribution >= 0.6 is 24.0 Å². The Morgan fingerprint density at radius 1 is 1.39 bits per heavy atom. The number of halogens is 1. The van der Waals surface area contributed by atoms with Gasteiger partial charge in [0.15, 0.2) is 5.96 Å². The molecule has 1 saturated carbocycles. The molecule has 1 aliphatic carbocycles. The third-order valence-electron chi connectivity index (χ3n) is 4.71. The number of hydrogen-bond acceptors (Lipinski definition) is 2. The van der Waals surface area contributed by atoms with Crippen molar-refractivity contribution >= 4 is 35.8 Å². The first-order chi connectivity index (χ1) is 10.4. The van der Waals surface area contributed by atoms with Crippen molar-refractivity contribution in [2.45, 2.75) is 58.4 Å². The van der Waals surface area contributed by atoms with Gasteiger partial charge in [-0.1, -0.05) is 20.3 Å². The van der Waals surface area contributed by atoms with Crippen LogP contribution in [0.1, 0.15) is 52.4 Å². The van der Waals surface area contributed by atoms with Gasteiger partial charge in [0.25, 0.3) is 0 Å². The highest BCUT2D eigenvalue weighted by Gasteiger charge is 2.33. The highest BCUT2D eigenvalue weighted by molar-refractivity contribution is 14.0. The number of nitrogens with one attached hydrogen (secondary N) is 1. The normalized spacial score (nSPS) is 24.9. The molecular weight excluding hydrogens is 403 g/mol. The fourth-order valence-electron chi connectivity index (χ4n) is 3.24. The van der Waals surface area contributed by atoms with Crippen LogP contribution in [0.3, 0.4) is 0 Å². The van der Waals surface area contributed by atoms with E-state index in [1.165, 1.54) is 38.5 Å². The molecule has 0 spiro atoms. The Kier molecular flexibility index (Phi) is 8.10. The van der Waals surface area contributed by atoms with Crippen LogP contribution < -0.4 is 5.32 Å². The van der Waals surface area contributed by atoms with Crippen molar-refractivity contribution in [2.24, 2.45) is 10.4 Å². The topological polar surface area (TPSA) is 47.9 Å². The van der Waals surface area contributed by atoms with Gasteiger partial charge >= 0.3 is 0 Å². The van der Waals surface area contributed by atoms with Crippen LogP contribution in [-0.4, -0.2) is 61.4 Å². The standard InChI is InChI=1S/C17H32N4O.HI/c1-5-9-17(2)10-6-11-21(13-17)16(19-14-7-8-14)18-12-15(22)20(3)4;/h14H,5-13H2,1-4H3,(H,18,19);1H. The Hall–Kier alpha value is -0.530. The van der Waals surface area contributed by atoms with E-state index >= 15 is 0 Å². The van der Waals surface area contributed by atoms with Crippen LogP contribution in [-0.2, 0) is 4.79 Å². The minimum atomic E-state index is 0. The van der Waals surface area contributed by atoms with Crippen molar-refractivity contribution in [3.8, 4) is 0 Å². The van der Waals surface area contributed by atoms with Crippen LogP contribution in [0.15, 0.2) is 4.99 Å². The molecule has 23 heavy (non-hydrogen) atoms. The summed E-state index contributed by atoms with van der Waals surface area (Å²) in [6.07, 6.45) is 7.44. The van der Waals surface area contributed by atoms with E-state index in [4.69, 9.17) is 0 Å². The molecule has 1 heterocycles. The predicted octanol–water partition coefficient (Wildman–Crippen LogP) is 2.70. The molecular formula is C17H33IN4O. The second kappa shape index (κ2) is 9.08. The molecule has 1 N–H and O–H groups in total. The molecule has 0 aromatic carbocycles. The lowest BCUT2D eigenvalue weighted by atomic mass is 9.78. The summed E-state index contributed by atoms with van der Waals surface area (Å²) in [7, 11) is 3.57. The van der Waals surface area contributed by atoms with Gasteiger partial charge in [0.2, 0.25) is 5.91 Å². The Bertz CT molecular complexity index is 419. The Morgan fingerprint density at radius 3 is 2.65 bits per heavy atom. The summed E-state index contributed by atoms with van der Waals surface area (Å²) < 4.78 is 0. The van der Waals surface area contributed by atoms with Gasteiger partial charge in [-0.3, -0.25) is 4.79 Å². The molecule has 0 bridgehead atoms. The average molecular weight is 436 g/mol. The summed E-state index contributed by atoms with van der Waals surface area (Å²) in [6.45, 7) is 6.99. The monoisotopic (exact) mass is 436 g/mol. The second-order valence-electron chi connectivity index (χ2n) is 7.43. The number of carbonyl (C=O) groups is 1. The minimum Gasteiger partial charge on any atom is -0.353 e. The number of piperidine rings is 1. The molecule has 1 saturated heterocycles. The molecule has 0 aromatic heterocycles. The fourth-order valence-corrected chi connectivity index (χ4v) is 3.24. The lowest BCUT2D eigenvalue weighted by Crippen LogP contribution is -2.50. The number of hydrogen-bond donors (Lipinski definition) is 1. The number of guanidine groups is 1. The molecule has 2 fully saturated rings. The molecule has 2 aliphatic rings. The number of aliphatic imine (C=N–C) groups is 1. The van der Waals surface area contributed by atoms with Crippen LogP contribution in [0.5, 0.6) is 0 Å². The van der Waals surface area contributed by atoms with Crippen LogP contribution in [0.2, 0.25) is 0 Å². The number of likely N-dealkylation sites (tertiary alicyclic amines) is 1. The zero-order valence-electron chi connectivity index (χ0n) is 15.1. The zero-order chi connectivity index (χ0) is 16.2. The van der Waals surface area contributed by atoms with E-state index in [1.54, 1.807) is 19.0 Å². The Balaban J connectivity index is 0.00000264. The van der Waals surface area contributed by atoms with Gasteiger partial charge < -0.3 is 15.1 Å². The van der Waals surface area contributed by atoms with E-state index < -0.39 is 0 Å². The summed E-state index contributed by atoms with van der Waals surface area (Å²) in [5, 5.41) is 3.54. The molecule has 1 unspecified atom stereocenters. The SMILES string of the molecule is CCCC1(C)CCCN(C(=NCC(=O)N(C)C)NC2CC2)C1.I. The molecule has 1 atom stereocenters. The maximum Gasteiger partial charge on any atom is 0.243 e. The second-order valence-corrected chi connectivity index (χ2v) is 7.43. The number of nitrogens with zero attached hydrogens (tertiary/aromatic N) is 3. The highest BCUT2D eigenvalue weighted by atomic mass is 127. The minimum absolute atomic E-state index is 0. The zero-order valence-corrected chi connectivity index (χ0v) is 17.4. The van der Waals surface area contributed by atoms with Gasteiger partial charge in [0.05, 0.1) is 0 Å². The van der Waals surface area contributed by atoms with Gasteiger partial charge in [-0.05, 0) is 37.5 Å². The van der Waals surface area contributed by atoms with Crippen molar-refractivity contribution in [3.05, 3.63) is 0 Å². The maximum absolute atomic E-state index is 11.8. The van der Waals surface area contributed by atoms with Crippen LogP contribution in [0.4, 0.5) is 0 Å². The number of likely N-dealkylation sites (N-methyl/N-ethyl adjacent to an activating group) is 1. The first-order valence-corrected chi connectivity index (χ1v) is 8.69. The van der Waals surface area contributed by atoms with Gasteiger partial charge in [-0.25, -0.2) is 4.99 Å². The quantitative estimate of drug-likeness (QED) is 0.410. The van der Waals surface area contributed by atoms with Crippen molar-refractivity contribution in [2.75, 3.05) is 33.7 Å². The first kappa shape index (κ1) is 20.5. The van der Waals surface area contributed by atoms with E-state index in [-0.39, 0.29) is 36.4 Å². The third kappa shape index (κ3) is 6.47. The summed E-state index contributed by atoms with van der Waals surface area (Å²) in [6, 6.07) is 0.563. The van der Waals surface area contributed by atoms with Crippen LogP contribution in [0.25, 0.3) is 0 Å². The Morgan fingerprint density at radius 2 is 2.09 bits per heavy atom. The number of rotatable bonds is 5. The smallest absolute Gasteiger partial charge is 0.243 e. The van der Waals surface area contributed by atoms with Crippen molar-refractivity contribution in [1.82, 2.24) is 15.1 Å². The lowest BCUT2D eigenvalue weighted by Gasteiger charge is -2.42. The lowest BCUT2D eigenvalue weighted by molar-refractivity contribution is -0.127. The van der Waals surface area contributed by atoms with E-state index in [0.29, 0.717) is 11.5 Å². The molecule has 0 aromatic rings. The molecule has 0 radical (unpaired) electrons. The maximum atomic E-state index is 11.8. The molecule has 5 nitrogen and oxygen atoms in total. The number of carbonyl (C=O) groups excluding carboxylic acids is 1. The van der Waals surface area contributed by atoms with E-state index in [2.05, 4.69) is 29.1 Å². The Labute approximate surface area is 158 Å². The molecule has 2 rings (SSSR count). The third-order valence-corrected chi connectivity index (χ3v) is 4.71. The van der Waals surface area contributed by atoms with Crippen molar-refractivity contribution < 1.29 is 4.79 Å². The van der Waals surface area contributed by atoms with Gasteiger partial charge in [0, 0.05) is 33.2 Å². The fraction of sp³-hybridized carbons (Fsp3) is 0.882.